The highest BCUT2D eigenvalue weighted by Gasteiger charge is 2.29. The molecule has 4 rings (SSSR count). The van der Waals surface area contributed by atoms with Gasteiger partial charge in [-0.3, -0.25) is 19.8 Å². The highest BCUT2D eigenvalue weighted by atomic mass is 16.6. The van der Waals surface area contributed by atoms with E-state index in [2.05, 4.69) is 15.1 Å². The molecule has 11 heteroatoms. The third-order valence-electron chi connectivity index (χ3n) is 6.46. The first kappa shape index (κ1) is 25.8. The van der Waals surface area contributed by atoms with Crippen molar-refractivity contribution in [2.45, 2.75) is 6.04 Å². The molecule has 0 radical (unpaired) electrons. The lowest BCUT2D eigenvalue weighted by Gasteiger charge is -2.39. The first-order chi connectivity index (χ1) is 17.9. The topological polar surface area (TPSA) is 120 Å². The molecule has 2 aromatic carbocycles. The molecule has 11 nitrogen and oxygen atoms in total. The minimum absolute atomic E-state index is 0.106. The van der Waals surface area contributed by atoms with E-state index in [9.17, 15) is 14.9 Å². The van der Waals surface area contributed by atoms with E-state index in [-0.39, 0.29) is 35.3 Å². The smallest absolute Gasteiger partial charge is 0.286 e. The molecule has 1 saturated heterocycles. The van der Waals surface area contributed by atoms with Crippen LogP contribution in [-0.4, -0.2) is 69.8 Å². The zero-order valence-electron chi connectivity index (χ0n) is 21.0. The number of carbonyl (C=O) groups excluding carboxylic acids is 1. The van der Waals surface area contributed by atoms with Crippen molar-refractivity contribution in [3.8, 4) is 17.2 Å². The van der Waals surface area contributed by atoms with Gasteiger partial charge in [0.2, 0.25) is 0 Å². The van der Waals surface area contributed by atoms with Gasteiger partial charge in [-0.05, 0) is 36.4 Å². The second-order valence-electron chi connectivity index (χ2n) is 8.44. The van der Waals surface area contributed by atoms with E-state index in [1.165, 1.54) is 26.4 Å². The predicted molar refractivity (Wildman–Crippen MR) is 137 cm³/mol. The van der Waals surface area contributed by atoms with Crippen LogP contribution in [0.5, 0.6) is 17.2 Å². The van der Waals surface area contributed by atoms with E-state index in [0.29, 0.717) is 5.76 Å². The van der Waals surface area contributed by atoms with Crippen molar-refractivity contribution in [1.29, 1.82) is 0 Å². The Kier molecular flexibility index (Phi) is 8.14. The summed E-state index contributed by atoms with van der Waals surface area (Å²) in [5, 5.41) is 14.5. The lowest BCUT2D eigenvalue weighted by Crippen LogP contribution is -2.49. The number of rotatable bonds is 10. The van der Waals surface area contributed by atoms with E-state index in [4.69, 9.17) is 18.6 Å². The third kappa shape index (κ3) is 5.78. The highest BCUT2D eigenvalue weighted by Crippen LogP contribution is 2.34. The number of nitrogens with zero attached hydrogens (tertiary/aromatic N) is 3. The number of piperazine rings is 1. The second kappa shape index (κ2) is 11.7. The molecule has 2 heterocycles. The van der Waals surface area contributed by atoms with Crippen LogP contribution >= 0.6 is 0 Å². The van der Waals surface area contributed by atoms with Gasteiger partial charge in [-0.15, -0.1) is 0 Å². The molecule has 0 aliphatic carbocycles. The quantitative estimate of drug-likeness (QED) is 0.323. The van der Waals surface area contributed by atoms with Gasteiger partial charge < -0.3 is 28.8 Å². The molecule has 1 atom stereocenters. The zero-order chi connectivity index (χ0) is 26.4. The number of hydrogen-bond donors (Lipinski definition) is 1. The van der Waals surface area contributed by atoms with E-state index < -0.39 is 10.8 Å². The number of carbonyl (C=O) groups is 1. The summed E-state index contributed by atoms with van der Waals surface area (Å²) < 4.78 is 21.3. The molecule has 1 aromatic heterocycles. The molecule has 1 aliphatic heterocycles. The molecule has 1 fully saturated rings. The molecule has 37 heavy (non-hydrogen) atoms. The molecule has 0 spiro atoms. The number of nitro benzene ring substituents is 1. The Hall–Kier alpha value is -4.25. The molecule has 0 bridgehead atoms. The maximum absolute atomic E-state index is 13.1. The molecule has 3 aromatic rings. The number of amides is 1. The summed E-state index contributed by atoms with van der Waals surface area (Å²) in [5.41, 5.74) is 0.645. The first-order valence-electron chi connectivity index (χ1n) is 11.8. The van der Waals surface area contributed by atoms with Gasteiger partial charge in [0.25, 0.3) is 11.6 Å². The SMILES string of the molecule is COc1ccc(N2CCN(C(CNC(=O)c3cc(OC)c(OC)cc3[N+](=O)[O-])c3ccco3)CC2)cc1. The third-order valence-corrected chi connectivity index (χ3v) is 6.46. The lowest BCUT2D eigenvalue weighted by molar-refractivity contribution is -0.385. The van der Waals surface area contributed by atoms with E-state index >= 15 is 0 Å². The standard InChI is InChI=1S/C26H30N4O7/c1-34-19-8-6-18(7-9-19)28-10-12-29(13-11-28)22(23-5-4-14-37-23)17-27-26(31)20-15-24(35-2)25(36-3)16-21(20)30(32)33/h4-9,14-16,22H,10-13,17H2,1-3H3,(H,27,31). The average Bonchev–Trinajstić information content (AvgIpc) is 3.47. The molecule has 1 N–H and O–H groups in total. The van der Waals surface area contributed by atoms with Crippen LogP contribution in [0.15, 0.2) is 59.2 Å². The number of benzene rings is 2. The van der Waals surface area contributed by atoms with Gasteiger partial charge in [0.15, 0.2) is 11.5 Å². The Bertz CT molecular complexity index is 1210. The fraction of sp³-hybridized carbons (Fsp3) is 0.346. The molecular formula is C26H30N4O7. The van der Waals surface area contributed by atoms with Crippen molar-refractivity contribution >= 4 is 17.3 Å². The van der Waals surface area contributed by atoms with Crippen molar-refractivity contribution in [2.24, 2.45) is 0 Å². The normalized spacial score (nSPS) is 14.6. The van der Waals surface area contributed by atoms with Gasteiger partial charge in [0, 0.05) is 44.5 Å². The summed E-state index contributed by atoms with van der Waals surface area (Å²) >= 11 is 0. The van der Waals surface area contributed by atoms with Crippen LogP contribution in [0.2, 0.25) is 0 Å². The highest BCUT2D eigenvalue weighted by molar-refractivity contribution is 5.99. The van der Waals surface area contributed by atoms with Crippen molar-refractivity contribution in [1.82, 2.24) is 10.2 Å². The number of ether oxygens (including phenoxy) is 3. The zero-order valence-corrected chi connectivity index (χ0v) is 21.0. The number of nitro groups is 1. The molecule has 196 valence electrons. The van der Waals surface area contributed by atoms with Gasteiger partial charge in [-0.2, -0.15) is 0 Å². The van der Waals surface area contributed by atoms with Gasteiger partial charge in [0.1, 0.15) is 17.1 Å². The Balaban J connectivity index is 1.47. The summed E-state index contributed by atoms with van der Waals surface area (Å²) in [4.78, 5) is 28.7. The van der Waals surface area contributed by atoms with Crippen LogP contribution in [0.25, 0.3) is 0 Å². The molecule has 0 saturated carbocycles. The molecule has 1 unspecified atom stereocenters. The van der Waals surface area contributed by atoms with Gasteiger partial charge >= 0.3 is 0 Å². The number of furan rings is 1. The van der Waals surface area contributed by atoms with Crippen LogP contribution in [-0.2, 0) is 0 Å². The summed E-state index contributed by atoms with van der Waals surface area (Å²) in [6.45, 7) is 3.27. The Morgan fingerprint density at radius 3 is 2.27 bits per heavy atom. The fourth-order valence-corrected chi connectivity index (χ4v) is 4.46. The number of methoxy groups -OCH3 is 3. The predicted octanol–water partition coefficient (Wildman–Crippen LogP) is 3.51. The van der Waals surface area contributed by atoms with Crippen molar-refractivity contribution < 1.29 is 28.3 Å². The largest absolute Gasteiger partial charge is 0.497 e. The minimum Gasteiger partial charge on any atom is -0.497 e. The Morgan fingerprint density at radius 2 is 1.70 bits per heavy atom. The van der Waals surface area contributed by atoms with E-state index in [1.54, 1.807) is 19.4 Å². The van der Waals surface area contributed by atoms with Gasteiger partial charge in [0.05, 0.1) is 44.6 Å². The Morgan fingerprint density at radius 1 is 1.03 bits per heavy atom. The van der Waals surface area contributed by atoms with Crippen LogP contribution in [0, 0.1) is 10.1 Å². The van der Waals surface area contributed by atoms with Crippen LogP contribution < -0.4 is 24.4 Å². The fourth-order valence-electron chi connectivity index (χ4n) is 4.46. The van der Waals surface area contributed by atoms with Crippen molar-refractivity contribution in [3.63, 3.8) is 0 Å². The van der Waals surface area contributed by atoms with Gasteiger partial charge in [-0.1, -0.05) is 0 Å². The van der Waals surface area contributed by atoms with Crippen LogP contribution in [0.1, 0.15) is 22.2 Å². The average molecular weight is 511 g/mol. The Labute approximate surface area is 214 Å². The summed E-state index contributed by atoms with van der Waals surface area (Å²) in [7, 11) is 4.43. The van der Waals surface area contributed by atoms with Crippen LogP contribution in [0.4, 0.5) is 11.4 Å². The maximum Gasteiger partial charge on any atom is 0.286 e. The van der Waals surface area contributed by atoms with Crippen molar-refractivity contribution in [3.05, 3.63) is 76.2 Å². The molecule has 1 amide bonds. The first-order valence-corrected chi connectivity index (χ1v) is 11.8. The monoisotopic (exact) mass is 510 g/mol. The second-order valence-corrected chi connectivity index (χ2v) is 8.44. The summed E-state index contributed by atoms with van der Waals surface area (Å²) in [6.07, 6.45) is 1.59. The minimum atomic E-state index is -0.612. The van der Waals surface area contributed by atoms with Crippen LogP contribution in [0.3, 0.4) is 0 Å². The number of anilines is 1. The van der Waals surface area contributed by atoms with Crippen molar-refractivity contribution in [2.75, 3.05) is 59.0 Å². The summed E-state index contributed by atoms with van der Waals surface area (Å²) in [6, 6.07) is 13.9. The molecular weight excluding hydrogens is 480 g/mol. The molecule has 1 aliphatic rings. The number of hydrogen-bond acceptors (Lipinski definition) is 9. The lowest BCUT2D eigenvalue weighted by atomic mass is 10.1. The van der Waals surface area contributed by atoms with Gasteiger partial charge in [-0.25, -0.2) is 0 Å². The van der Waals surface area contributed by atoms with E-state index in [1.807, 2.05) is 30.3 Å². The number of nitrogens with one attached hydrogen (secondary N) is 1. The van der Waals surface area contributed by atoms with E-state index in [0.717, 1.165) is 37.6 Å². The maximum atomic E-state index is 13.1. The summed E-state index contributed by atoms with van der Waals surface area (Å²) in [5.74, 6) is 1.34.